The topological polar surface area (TPSA) is 50.4 Å². The minimum Gasteiger partial charge on any atom is -0.444 e. The Kier molecular flexibility index (Phi) is 8.38. The number of hydrogen-bond donors (Lipinski definition) is 2. The van der Waals surface area contributed by atoms with Gasteiger partial charge in [0, 0.05) is 18.6 Å². The molecule has 0 aliphatic heterocycles. The van der Waals surface area contributed by atoms with Crippen LogP contribution in [0.15, 0.2) is 0 Å². The van der Waals surface area contributed by atoms with Gasteiger partial charge in [-0.05, 0) is 58.3 Å². The first-order valence-corrected chi connectivity index (χ1v) is 9.42. The summed E-state index contributed by atoms with van der Waals surface area (Å²) < 4.78 is 5.31. The second kappa shape index (κ2) is 9.51. The van der Waals surface area contributed by atoms with Crippen molar-refractivity contribution < 1.29 is 9.53 Å². The molecule has 0 saturated heterocycles. The lowest BCUT2D eigenvalue weighted by Crippen LogP contribution is -2.47. The van der Waals surface area contributed by atoms with Gasteiger partial charge in [0.05, 0.1) is 0 Å². The van der Waals surface area contributed by atoms with Gasteiger partial charge in [0.2, 0.25) is 0 Å². The third kappa shape index (κ3) is 9.19. The highest BCUT2D eigenvalue weighted by atomic mass is 16.6. The number of carbonyl (C=O) groups is 1. The minimum atomic E-state index is -0.438. The summed E-state index contributed by atoms with van der Waals surface area (Å²) in [5.74, 6) is 1.65. The third-order valence-corrected chi connectivity index (χ3v) is 4.44. The van der Waals surface area contributed by atoms with Gasteiger partial charge in [-0.25, -0.2) is 4.79 Å². The van der Waals surface area contributed by atoms with E-state index in [4.69, 9.17) is 4.74 Å². The summed E-state index contributed by atoms with van der Waals surface area (Å²) >= 11 is 0. The van der Waals surface area contributed by atoms with Gasteiger partial charge in [0.15, 0.2) is 0 Å². The molecule has 3 atom stereocenters. The number of nitrogens with one attached hydrogen (secondary N) is 2. The molecule has 1 aliphatic rings. The van der Waals surface area contributed by atoms with Crippen molar-refractivity contribution in [2.45, 2.75) is 97.8 Å². The SMILES string of the molecule is CCC(CNC(=O)OC(C)(C)C)NC1CCCC(CC(C)C)C1. The van der Waals surface area contributed by atoms with Crippen molar-refractivity contribution in [3.05, 3.63) is 0 Å². The second-order valence-corrected chi connectivity index (χ2v) is 8.51. The fourth-order valence-corrected chi connectivity index (χ4v) is 3.50. The Balaban J connectivity index is 2.36. The van der Waals surface area contributed by atoms with Gasteiger partial charge in [0.1, 0.15) is 5.60 Å². The molecule has 1 amide bonds. The molecule has 4 nitrogen and oxygen atoms in total. The molecule has 136 valence electrons. The zero-order chi connectivity index (χ0) is 17.5. The highest BCUT2D eigenvalue weighted by Gasteiger charge is 2.24. The van der Waals surface area contributed by atoms with Crippen LogP contribution in [0.1, 0.15) is 80.1 Å². The predicted octanol–water partition coefficient (Wildman–Crippen LogP) is 4.48. The molecule has 0 heterocycles. The molecular weight excluding hydrogens is 288 g/mol. The summed E-state index contributed by atoms with van der Waals surface area (Å²) in [4.78, 5) is 11.8. The van der Waals surface area contributed by atoms with Crippen LogP contribution in [0.4, 0.5) is 4.79 Å². The fraction of sp³-hybridized carbons (Fsp3) is 0.947. The average Bonchev–Trinajstić information content (AvgIpc) is 2.41. The Labute approximate surface area is 143 Å². The maximum atomic E-state index is 11.8. The Hall–Kier alpha value is -0.770. The van der Waals surface area contributed by atoms with E-state index in [-0.39, 0.29) is 6.09 Å². The van der Waals surface area contributed by atoms with E-state index >= 15 is 0 Å². The molecule has 1 saturated carbocycles. The molecule has 1 rings (SSSR count). The van der Waals surface area contributed by atoms with Crippen LogP contribution < -0.4 is 10.6 Å². The molecule has 23 heavy (non-hydrogen) atoms. The number of carbonyl (C=O) groups excluding carboxylic acids is 1. The van der Waals surface area contributed by atoms with E-state index < -0.39 is 5.60 Å². The zero-order valence-corrected chi connectivity index (χ0v) is 16.1. The molecule has 1 fully saturated rings. The standard InChI is InChI=1S/C19H38N2O2/c1-7-16(13-20-18(22)23-19(4,5)6)21-17-10-8-9-15(12-17)11-14(2)3/h14-17,21H,7-13H2,1-6H3,(H,20,22). The number of alkyl carbamates (subject to hydrolysis) is 1. The second-order valence-electron chi connectivity index (χ2n) is 8.51. The lowest BCUT2D eigenvalue weighted by molar-refractivity contribution is 0.0520. The summed E-state index contributed by atoms with van der Waals surface area (Å²) in [5.41, 5.74) is -0.438. The number of amides is 1. The van der Waals surface area contributed by atoms with Gasteiger partial charge in [-0.1, -0.05) is 33.6 Å². The first-order valence-electron chi connectivity index (χ1n) is 9.42. The van der Waals surface area contributed by atoms with Gasteiger partial charge >= 0.3 is 6.09 Å². The summed E-state index contributed by atoms with van der Waals surface area (Å²) in [6.07, 6.45) is 7.28. The monoisotopic (exact) mass is 326 g/mol. The van der Waals surface area contributed by atoms with E-state index in [0.29, 0.717) is 18.6 Å². The lowest BCUT2D eigenvalue weighted by Gasteiger charge is -2.33. The molecule has 0 aromatic carbocycles. The molecule has 4 heteroatoms. The van der Waals surface area contributed by atoms with E-state index in [2.05, 4.69) is 31.4 Å². The van der Waals surface area contributed by atoms with Crippen molar-refractivity contribution in [1.29, 1.82) is 0 Å². The van der Waals surface area contributed by atoms with E-state index in [1.807, 2.05) is 20.8 Å². The molecule has 1 aliphatic carbocycles. The summed E-state index contributed by atoms with van der Waals surface area (Å²) in [5, 5.41) is 6.66. The number of rotatable bonds is 7. The van der Waals surface area contributed by atoms with Crippen molar-refractivity contribution in [3.8, 4) is 0 Å². The van der Waals surface area contributed by atoms with Gasteiger partial charge in [0.25, 0.3) is 0 Å². The Morgan fingerprint density at radius 2 is 1.96 bits per heavy atom. The van der Waals surface area contributed by atoms with Crippen LogP contribution in [0, 0.1) is 11.8 Å². The highest BCUT2D eigenvalue weighted by Crippen LogP contribution is 2.29. The summed E-state index contributed by atoms with van der Waals surface area (Å²) in [6.45, 7) is 13.1. The van der Waals surface area contributed by atoms with Crippen LogP contribution in [0.5, 0.6) is 0 Å². The summed E-state index contributed by atoms with van der Waals surface area (Å²) in [6, 6.07) is 0.920. The van der Waals surface area contributed by atoms with Crippen molar-refractivity contribution in [2.24, 2.45) is 11.8 Å². The van der Waals surface area contributed by atoms with Crippen LogP contribution in [0.25, 0.3) is 0 Å². The quantitative estimate of drug-likeness (QED) is 0.725. The van der Waals surface area contributed by atoms with Crippen molar-refractivity contribution in [1.82, 2.24) is 10.6 Å². The number of hydrogen-bond acceptors (Lipinski definition) is 3. The number of ether oxygens (including phenoxy) is 1. The molecule has 0 spiro atoms. The average molecular weight is 327 g/mol. The van der Waals surface area contributed by atoms with E-state index in [9.17, 15) is 4.79 Å². The molecule has 3 unspecified atom stereocenters. The lowest BCUT2D eigenvalue weighted by atomic mass is 9.81. The molecule has 0 aromatic rings. The Bertz CT molecular complexity index is 350. The molecule has 0 aromatic heterocycles. The molecule has 2 N–H and O–H groups in total. The van der Waals surface area contributed by atoms with Crippen molar-refractivity contribution >= 4 is 6.09 Å². The molecular formula is C19H38N2O2. The maximum absolute atomic E-state index is 11.8. The maximum Gasteiger partial charge on any atom is 0.407 e. The normalized spacial score (nSPS) is 23.6. The zero-order valence-electron chi connectivity index (χ0n) is 16.1. The molecule has 0 radical (unpaired) electrons. The van der Waals surface area contributed by atoms with Crippen LogP contribution in [-0.2, 0) is 4.74 Å². The predicted molar refractivity (Wildman–Crippen MR) is 96.7 cm³/mol. The van der Waals surface area contributed by atoms with Crippen LogP contribution in [0.2, 0.25) is 0 Å². The third-order valence-electron chi connectivity index (χ3n) is 4.44. The highest BCUT2D eigenvalue weighted by molar-refractivity contribution is 5.67. The largest absolute Gasteiger partial charge is 0.444 e. The van der Waals surface area contributed by atoms with Crippen LogP contribution in [0.3, 0.4) is 0 Å². The van der Waals surface area contributed by atoms with Gasteiger partial charge in [-0.3, -0.25) is 0 Å². The van der Waals surface area contributed by atoms with Crippen molar-refractivity contribution in [3.63, 3.8) is 0 Å². The minimum absolute atomic E-state index is 0.320. The van der Waals surface area contributed by atoms with Crippen LogP contribution in [-0.4, -0.2) is 30.3 Å². The van der Waals surface area contributed by atoms with E-state index in [0.717, 1.165) is 18.3 Å². The van der Waals surface area contributed by atoms with Gasteiger partial charge in [-0.15, -0.1) is 0 Å². The van der Waals surface area contributed by atoms with E-state index in [1.54, 1.807) is 0 Å². The molecule has 0 bridgehead atoms. The smallest absolute Gasteiger partial charge is 0.407 e. The first kappa shape index (κ1) is 20.3. The fourth-order valence-electron chi connectivity index (χ4n) is 3.50. The van der Waals surface area contributed by atoms with Crippen molar-refractivity contribution in [2.75, 3.05) is 6.54 Å². The Morgan fingerprint density at radius 3 is 2.52 bits per heavy atom. The van der Waals surface area contributed by atoms with E-state index in [1.165, 1.54) is 32.1 Å². The van der Waals surface area contributed by atoms with Crippen LogP contribution >= 0.6 is 0 Å². The Morgan fingerprint density at radius 1 is 1.26 bits per heavy atom. The summed E-state index contributed by atoms with van der Waals surface area (Å²) in [7, 11) is 0. The van der Waals surface area contributed by atoms with Gasteiger partial charge in [-0.2, -0.15) is 0 Å². The van der Waals surface area contributed by atoms with Gasteiger partial charge < -0.3 is 15.4 Å². The first-order chi connectivity index (χ1) is 10.7.